The first-order valence-electron chi connectivity index (χ1n) is 33.1. The van der Waals surface area contributed by atoms with Crippen molar-refractivity contribution < 1.29 is 69.6 Å². The number of carbonyl (C=O) groups is 4. The van der Waals surface area contributed by atoms with Crippen molar-refractivity contribution in [3.05, 3.63) is 292 Å². The molecule has 560 valence electrons. The molecule has 0 aliphatic carbocycles. The first kappa shape index (κ1) is 74.9. The summed E-state index contributed by atoms with van der Waals surface area (Å²) in [5.74, 6) is -8.41. The highest BCUT2D eigenvalue weighted by Crippen LogP contribution is 2.35. The Morgan fingerprint density at radius 3 is 0.920 bits per heavy atom. The lowest BCUT2D eigenvalue weighted by atomic mass is 10.1. The Morgan fingerprint density at radius 1 is 0.339 bits per heavy atom. The molecule has 112 heavy (non-hydrogen) atoms. The van der Waals surface area contributed by atoms with E-state index in [9.17, 15) is 54.3 Å². The summed E-state index contributed by atoms with van der Waals surface area (Å²) in [4.78, 5) is 77.3. The van der Waals surface area contributed by atoms with Gasteiger partial charge in [0.2, 0.25) is 0 Å². The zero-order valence-electron chi connectivity index (χ0n) is 57.8. The van der Waals surface area contributed by atoms with Gasteiger partial charge in [-0.25, -0.2) is 89.4 Å². The van der Waals surface area contributed by atoms with Crippen molar-refractivity contribution >= 4 is 84.9 Å². The Labute approximate surface area is 624 Å². The zero-order valence-corrected chi connectivity index (χ0v) is 57.8. The Balaban J connectivity index is 0.000000131. The number of benzene rings is 8. The lowest BCUT2D eigenvalue weighted by Gasteiger charge is -2.06. The predicted molar refractivity (Wildman–Crippen MR) is 392 cm³/mol. The minimum Gasteiger partial charge on any atom is -0.478 e. The number of anilines is 3. The van der Waals surface area contributed by atoms with Gasteiger partial charge in [0.1, 0.15) is 120 Å². The molecule has 0 unspecified atom stereocenters. The number of hydrogen-bond acceptors (Lipinski definition) is 19. The van der Waals surface area contributed by atoms with Crippen molar-refractivity contribution in [1.82, 2.24) is 84.3 Å². The summed E-state index contributed by atoms with van der Waals surface area (Å²) in [6.07, 6.45) is 6.14. The van der Waals surface area contributed by atoms with E-state index in [0.717, 1.165) is 18.6 Å². The van der Waals surface area contributed by atoms with E-state index in [2.05, 4.69) is 65.6 Å². The number of para-hydroxylation sites is 4. The lowest BCUT2D eigenvalue weighted by Crippen LogP contribution is -2.18. The highest BCUT2D eigenvalue weighted by Gasteiger charge is 2.27. The molecular weight excluding hydrogens is 1470 g/mol. The number of carbonyl (C=O) groups excluding carboxylic acids is 1. The Kier molecular flexibility index (Phi) is 21.4. The van der Waals surface area contributed by atoms with Gasteiger partial charge in [0.05, 0.1) is 37.3 Å². The lowest BCUT2D eigenvalue weighted by molar-refractivity contribution is 0.0685. The SMILES string of the molecule is CNC(=O)c1cnc(-c2nn(Cc3ccccc3F)c3c(F)cccc23)nc1.Nc1nc(-c2nn(Cc3ccccc3F)c3c(F)cccc23)nc(N)c1C(=O)O.Nc1nc(-c2nn(Cc3ccccc3F)c3c(F)cccc23)ncc1C(=O)O.O=C(O)c1cnc(-c2nn(Cc3ccccc3F)c3c(F)cccc23)nc1. The van der Waals surface area contributed by atoms with Crippen LogP contribution in [0.5, 0.6) is 0 Å². The van der Waals surface area contributed by atoms with E-state index in [1.54, 1.807) is 103 Å². The number of aromatic nitrogens is 16. The minimum absolute atomic E-state index is 0.00714. The number of aromatic carboxylic acids is 3. The highest BCUT2D eigenvalue weighted by molar-refractivity contribution is 6.00. The van der Waals surface area contributed by atoms with Gasteiger partial charge in [0, 0.05) is 81.8 Å². The van der Waals surface area contributed by atoms with Crippen LogP contribution in [0.4, 0.5) is 52.6 Å². The quantitative estimate of drug-likeness (QED) is 0.0442. The van der Waals surface area contributed by atoms with Gasteiger partial charge in [-0.15, -0.1) is 0 Å². The smallest absolute Gasteiger partial charge is 0.343 e. The summed E-state index contributed by atoms with van der Waals surface area (Å²) in [6, 6.07) is 42.5. The molecule has 16 rings (SSSR count). The van der Waals surface area contributed by atoms with Crippen molar-refractivity contribution in [2.24, 2.45) is 0 Å². The third-order valence-electron chi connectivity index (χ3n) is 17.1. The van der Waals surface area contributed by atoms with Crippen LogP contribution in [0.2, 0.25) is 0 Å². The summed E-state index contributed by atoms with van der Waals surface area (Å²) in [7, 11) is 1.51. The molecule has 0 aliphatic rings. The molecule has 0 fully saturated rings. The number of hydrogen-bond donors (Lipinski definition) is 7. The molecule has 35 heteroatoms. The molecule has 1 amide bonds. The maximum Gasteiger partial charge on any atom is 0.343 e. The minimum atomic E-state index is -1.37. The van der Waals surface area contributed by atoms with Crippen LogP contribution in [-0.4, -0.2) is 125 Å². The first-order chi connectivity index (χ1) is 53.9. The van der Waals surface area contributed by atoms with E-state index in [1.807, 2.05) is 0 Å². The topological polar surface area (TPSA) is 393 Å². The van der Waals surface area contributed by atoms with Gasteiger partial charge in [-0.05, 0) is 48.5 Å². The van der Waals surface area contributed by atoms with Crippen LogP contribution in [0.25, 0.3) is 89.7 Å². The van der Waals surface area contributed by atoms with Gasteiger partial charge in [-0.2, -0.15) is 20.4 Å². The van der Waals surface area contributed by atoms with Crippen LogP contribution >= 0.6 is 0 Å². The van der Waals surface area contributed by atoms with Crippen molar-refractivity contribution in [2.45, 2.75) is 26.2 Å². The van der Waals surface area contributed by atoms with Crippen LogP contribution in [0.15, 0.2) is 201 Å². The largest absolute Gasteiger partial charge is 0.478 e. The maximum absolute atomic E-state index is 14.6. The zero-order chi connectivity index (χ0) is 79.2. The summed E-state index contributed by atoms with van der Waals surface area (Å²) in [5, 5.41) is 48.9. The van der Waals surface area contributed by atoms with Crippen LogP contribution in [0, 0.1) is 46.5 Å². The van der Waals surface area contributed by atoms with E-state index >= 15 is 0 Å². The van der Waals surface area contributed by atoms with E-state index in [-0.39, 0.29) is 123 Å². The van der Waals surface area contributed by atoms with Gasteiger partial charge >= 0.3 is 17.9 Å². The van der Waals surface area contributed by atoms with Gasteiger partial charge in [0.15, 0.2) is 23.3 Å². The normalized spacial score (nSPS) is 11.0. The van der Waals surface area contributed by atoms with Crippen LogP contribution in [0.1, 0.15) is 63.7 Å². The fourth-order valence-electron chi connectivity index (χ4n) is 11.8. The molecule has 16 aromatic rings. The summed E-state index contributed by atoms with van der Waals surface area (Å²) >= 11 is 0. The molecule has 8 aromatic carbocycles. The second-order valence-electron chi connectivity index (χ2n) is 24.2. The molecule has 0 saturated heterocycles. The number of carboxylic acid groups (broad SMARTS) is 3. The third-order valence-corrected chi connectivity index (χ3v) is 17.1. The summed E-state index contributed by atoms with van der Waals surface area (Å²) < 4.78 is 120. The molecule has 0 radical (unpaired) electrons. The average molecular weight is 1520 g/mol. The number of amides is 1. The van der Waals surface area contributed by atoms with E-state index in [4.69, 9.17) is 32.5 Å². The van der Waals surface area contributed by atoms with Crippen molar-refractivity contribution in [3.63, 3.8) is 0 Å². The second-order valence-corrected chi connectivity index (χ2v) is 24.2. The van der Waals surface area contributed by atoms with Crippen LogP contribution < -0.4 is 22.5 Å². The third kappa shape index (κ3) is 15.5. The van der Waals surface area contributed by atoms with Gasteiger partial charge < -0.3 is 37.8 Å². The van der Waals surface area contributed by atoms with E-state index < -0.39 is 70.0 Å². The van der Waals surface area contributed by atoms with Crippen molar-refractivity contribution in [3.8, 4) is 46.1 Å². The second kappa shape index (κ2) is 32.0. The Bertz CT molecular complexity index is 6320. The fraction of sp³-hybridized carbons (Fsp3) is 0.0649. The number of nitrogens with two attached hydrogens (primary N) is 3. The highest BCUT2D eigenvalue weighted by atomic mass is 19.2. The molecular formula is C77H54F8N20O7. The molecule has 0 saturated carbocycles. The Hall–Kier alpha value is -15.3. The number of nitrogen functional groups attached to an aromatic ring is 3. The number of carboxylic acids is 3. The molecule has 0 aliphatic heterocycles. The number of halogens is 8. The van der Waals surface area contributed by atoms with E-state index in [0.29, 0.717) is 55.1 Å². The molecule has 8 heterocycles. The Morgan fingerprint density at radius 2 is 0.625 bits per heavy atom. The predicted octanol–water partition coefficient (Wildman–Crippen LogP) is 12.5. The number of nitrogens with one attached hydrogen (secondary N) is 1. The summed E-state index contributed by atoms with van der Waals surface area (Å²) in [5.41, 5.74) is 19.8. The van der Waals surface area contributed by atoms with Crippen LogP contribution in [-0.2, 0) is 26.2 Å². The van der Waals surface area contributed by atoms with E-state index in [1.165, 1.54) is 105 Å². The van der Waals surface area contributed by atoms with Crippen LogP contribution in [0.3, 0.4) is 0 Å². The summed E-state index contributed by atoms with van der Waals surface area (Å²) in [6.45, 7) is 0.0345. The maximum atomic E-state index is 14.6. The average Bonchev–Trinajstić information content (AvgIpc) is 1.63. The fourth-order valence-corrected chi connectivity index (χ4v) is 11.8. The van der Waals surface area contributed by atoms with Gasteiger partial charge in [0.25, 0.3) is 5.91 Å². The number of nitrogens with zero attached hydrogens (tertiary/aromatic N) is 16. The molecule has 0 bridgehead atoms. The monoisotopic (exact) mass is 1520 g/mol. The van der Waals surface area contributed by atoms with Gasteiger partial charge in [-0.1, -0.05) is 121 Å². The molecule has 10 N–H and O–H groups in total. The molecule has 27 nitrogen and oxygen atoms in total. The number of fused-ring (bicyclic) bond motifs is 4. The molecule has 0 atom stereocenters. The van der Waals surface area contributed by atoms with Crippen molar-refractivity contribution in [2.75, 3.05) is 24.2 Å². The first-order valence-corrected chi connectivity index (χ1v) is 33.1. The molecule has 0 spiro atoms. The standard InChI is InChI=1S/C20H15F2N5O.C19H14F2N6O2.C19H13F2N5O2.C19H12F2N4O2/c1-23-20(28)13-9-24-19(25-10-13)17-14-6-4-8-16(22)18(14)27(26-17)11-12-5-2-3-7-15(12)21;20-11-6-2-1-4-9(11)8-27-15-10(5-3-7-12(15)21)14(26-27)18-24-16(22)13(19(28)29)17(23)25-18;20-13-6-2-1-4-10(13)9-26-16-11(5-3-7-14(16)21)15(25-26)18-23-8-12(19(27)28)17(22)24-18;20-14-6-2-1-4-11(14)10-25-17-13(5-3-7-15(17)21)16(24-25)18-22-8-12(9-23-18)19(26)27/h2-10H,11H2,1H3,(H,23,28);1-7H,8H2,(H,28,29)(H4,22,23,24,25);1-8H,9H2,(H,27,28)(H2,22,23,24);1-9H,10H2,(H,26,27). The van der Waals surface area contributed by atoms with Gasteiger partial charge in [-0.3, -0.25) is 23.5 Å². The number of rotatable bonds is 16. The van der Waals surface area contributed by atoms with Crippen molar-refractivity contribution in [1.29, 1.82) is 0 Å². The molecule has 8 aromatic heterocycles.